The maximum Gasteiger partial charge on any atom is 0.417 e. The average molecular weight is 373 g/mol. The third-order valence-electron chi connectivity index (χ3n) is 4.45. The van der Waals surface area contributed by atoms with Crippen molar-refractivity contribution >= 4 is 11.6 Å². The number of alkyl halides is 3. The van der Waals surface area contributed by atoms with Crippen molar-refractivity contribution in [2.24, 2.45) is 5.92 Å². The molecule has 1 heterocycles. The van der Waals surface area contributed by atoms with Crippen molar-refractivity contribution in [3.8, 4) is 0 Å². The number of fused-ring (bicyclic) bond motifs is 1. The van der Waals surface area contributed by atoms with Gasteiger partial charge in [0.05, 0.1) is 5.56 Å². The molecule has 1 aromatic carbocycles. The van der Waals surface area contributed by atoms with E-state index in [0.29, 0.717) is 34.4 Å². The lowest BCUT2D eigenvalue weighted by Gasteiger charge is -2.22. The van der Waals surface area contributed by atoms with Gasteiger partial charge in [-0.3, -0.25) is 14.6 Å². The van der Waals surface area contributed by atoms with Crippen molar-refractivity contribution in [3.05, 3.63) is 76.1 Å². The molecule has 6 heteroatoms. The first-order chi connectivity index (χ1) is 12.7. The van der Waals surface area contributed by atoms with Gasteiger partial charge in [-0.05, 0) is 24.5 Å². The van der Waals surface area contributed by atoms with Crippen LogP contribution in [0.25, 0.3) is 0 Å². The van der Waals surface area contributed by atoms with Crippen LogP contribution in [0.4, 0.5) is 13.2 Å². The van der Waals surface area contributed by atoms with E-state index in [0.717, 1.165) is 12.3 Å². The second kappa shape index (κ2) is 7.10. The summed E-state index contributed by atoms with van der Waals surface area (Å²) in [5.41, 5.74) is 0.924. The lowest BCUT2D eigenvalue weighted by Crippen LogP contribution is -2.24. The lowest BCUT2D eigenvalue weighted by molar-refractivity contribution is -0.137. The smallest absolute Gasteiger partial charge is 0.289 e. The van der Waals surface area contributed by atoms with Gasteiger partial charge in [-0.25, -0.2) is 0 Å². The van der Waals surface area contributed by atoms with E-state index in [2.05, 4.69) is 4.98 Å². The van der Waals surface area contributed by atoms with Crippen LogP contribution >= 0.6 is 0 Å². The fourth-order valence-corrected chi connectivity index (χ4v) is 3.17. The number of nitrogens with zero attached hydrogens (tertiary/aromatic N) is 1. The van der Waals surface area contributed by atoms with Crippen LogP contribution in [0.1, 0.15) is 52.2 Å². The fourth-order valence-electron chi connectivity index (χ4n) is 3.17. The molecular formula is C21H18F3NO2. The Hall–Kier alpha value is -2.76. The molecule has 3 nitrogen and oxygen atoms in total. The summed E-state index contributed by atoms with van der Waals surface area (Å²) in [6.07, 6.45) is -3.27. The highest BCUT2D eigenvalue weighted by atomic mass is 19.4. The number of hydrogen-bond acceptors (Lipinski definition) is 3. The number of rotatable bonds is 4. The molecule has 0 radical (unpaired) electrons. The predicted molar refractivity (Wildman–Crippen MR) is 94.5 cm³/mol. The first-order valence-electron chi connectivity index (χ1n) is 8.61. The molecule has 1 aromatic heterocycles. The first-order valence-corrected chi connectivity index (χ1v) is 8.61. The molecule has 0 bridgehead atoms. The van der Waals surface area contributed by atoms with Crippen LogP contribution in [-0.4, -0.2) is 16.6 Å². The van der Waals surface area contributed by atoms with E-state index in [1.807, 2.05) is 13.8 Å². The number of ketones is 2. The van der Waals surface area contributed by atoms with Crippen LogP contribution in [0, 0.1) is 5.92 Å². The van der Waals surface area contributed by atoms with Crippen LogP contribution in [-0.2, 0) is 12.6 Å². The Bertz CT molecular complexity index is 925. The van der Waals surface area contributed by atoms with E-state index < -0.39 is 11.7 Å². The Labute approximate surface area is 154 Å². The highest BCUT2D eigenvalue weighted by Gasteiger charge is 2.33. The van der Waals surface area contributed by atoms with Crippen molar-refractivity contribution in [2.75, 3.05) is 0 Å². The zero-order chi connectivity index (χ0) is 19.8. The first kappa shape index (κ1) is 19.0. The van der Waals surface area contributed by atoms with Gasteiger partial charge in [0, 0.05) is 40.6 Å². The summed E-state index contributed by atoms with van der Waals surface area (Å²) in [4.78, 5) is 29.7. The second-order valence-corrected chi connectivity index (χ2v) is 6.97. The van der Waals surface area contributed by atoms with Gasteiger partial charge in [-0.1, -0.05) is 38.1 Å². The number of aromatic nitrogens is 1. The summed E-state index contributed by atoms with van der Waals surface area (Å²) >= 11 is 0. The molecule has 0 amide bonds. The summed E-state index contributed by atoms with van der Waals surface area (Å²) in [6, 6.07) is 8.81. The Kier molecular flexibility index (Phi) is 5.00. The van der Waals surface area contributed by atoms with Gasteiger partial charge < -0.3 is 0 Å². The normalized spacial score (nSPS) is 14.7. The molecule has 3 rings (SSSR count). The number of halogens is 3. The van der Waals surface area contributed by atoms with Gasteiger partial charge in [0.25, 0.3) is 0 Å². The molecule has 0 atom stereocenters. The molecule has 0 unspecified atom stereocenters. The van der Waals surface area contributed by atoms with Gasteiger partial charge >= 0.3 is 6.18 Å². The van der Waals surface area contributed by atoms with Crippen molar-refractivity contribution < 1.29 is 22.8 Å². The molecule has 1 aliphatic carbocycles. The minimum Gasteiger partial charge on any atom is -0.289 e. The third kappa shape index (κ3) is 3.84. The molecule has 0 N–H and O–H groups in total. The molecular weight excluding hydrogens is 355 g/mol. The number of benzene rings is 1. The highest BCUT2D eigenvalue weighted by Crippen LogP contribution is 2.32. The van der Waals surface area contributed by atoms with E-state index in [-0.39, 0.29) is 23.9 Å². The number of carbonyl (C=O) groups is 2. The summed E-state index contributed by atoms with van der Waals surface area (Å²) < 4.78 is 38.1. The predicted octanol–water partition coefficient (Wildman–Crippen LogP) is 5.06. The van der Waals surface area contributed by atoms with Crippen molar-refractivity contribution in [2.45, 2.75) is 32.9 Å². The average Bonchev–Trinajstić information content (AvgIpc) is 2.62. The van der Waals surface area contributed by atoms with E-state index in [1.165, 1.54) is 6.07 Å². The Morgan fingerprint density at radius 3 is 2.00 bits per heavy atom. The maximum atomic E-state index is 13.0. The van der Waals surface area contributed by atoms with Crippen molar-refractivity contribution in [1.82, 2.24) is 4.98 Å². The van der Waals surface area contributed by atoms with Crippen LogP contribution in [0.3, 0.4) is 0 Å². The minimum atomic E-state index is -4.47. The molecule has 27 heavy (non-hydrogen) atoms. The number of carbonyl (C=O) groups excluding carboxylic acids is 2. The second-order valence-electron chi connectivity index (χ2n) is 6.97. The monoisotopic (exact) mass is 373 g/mol. The van der Waals surface area contributed by atoms with Gasteiger partial charge in [0.1, 0.15) is 0 Å². The molecule has 0 aliphatic heterocycles. The van der Waals surface area contributed by atoms with Crippen LogP contribution in [0.15, 0.2) is 53.7 Å². The Morgan fingerprint density at radius 2 is 1.52 bits per heavy atom. The van der Waals surface area contributed by atoms with Gasteiger partial charge in [-0.15, -0.1) is 0 Å². The number of Topliss-reactive ketones (excluding diaryl/α,β-unsaturated/α-hetero) is 2. The third-order valence-corrected chi connectivity index (χ3v) is 4.45. The fraction of sp³-hybridized carbons (Fsp3) is 0.286. The number of pyridine rings is 1. The van der Waals surface area contributed by atoms with Crippen molar-refractivity contribution in [3.63, 3.8) is 0 Å². The SMILES string of the molecule is CC(C)CC1=C(Cc2ccc(C(F)(F)F)cn2)C(=O)c2ccccc2C1=O. The summed E-state index contributed by atoms with van der Waals surface area (Å²) in [5, 5.41) is 0. The van der Waals surface area contributed by atoms with Crippen LogP contribution in [0.5, 0.6) is 0 Å². The largest absolute Gasteiger partial charge is 0.417 e. The minimum absolute atomic E-state index is 0.0269. The van der Waals surface area contributed by atoms with Crippen LogP contribution < -0.4 is 0 Å². The molecule has 0 spiro atoms. The molecule has 0 fully saturated rings. The van der Waals surface area contributed by atoms with E-state index >= 15 is 0 Å². The topological polar surface area (TPSA) is 47.0 Å². The molecule has 0 saturated heterocycles. The van der Waals surface area contributed by atoms with Crippen LogP contribution in [0.2, 0.25) is 0 Å². The molecule has 2 aromatic rings. The quantitative estimate of drug-likeness (QED) is 0.752. The summed E-state index contributed by atoms with van der Waals surface area (Å²) in [6.45, 7) is 3.89. The number of allylic oxidation sites excluding steroid dienone is 2. The molecule has 140 valence electrons. The van der Waals surface area contributed by atoms with E-state index in [1.54, 1.807) is 24.3 Å². The van der Waals surface area contributed by atoms with E-state index in [4.69, 9.17) is 0 Å². The van der Waals surface area contributed by atoms with Gasteiger partial charge in [0.2, 0.25) is 0 Å². The molecule has 1 aliphatic rings. The number of hydrogen-bond donors (Lipinski definition) is 0. The summed E-state index contributed by atoms with van der Waals surface area (Å²) in [5.74, 6) is -0.305. The van der Waals surface area contributed by atoms with E-state index in [9.17, 15) is 22.8 Å². The highest BCUT2D eigenvalue weighted by molar-refractivity contribution is 6.27. The summed E-state index contributed by atoms with van der Waals surface area (Å²) in [7, 11) is 0. The zero-order valence-electron chi connectivity index (χ0n) is 14.9. The maximum absolute atomic E-state index is 13.0. The lowest BCUT2D eigenvalue weighted by atomic mass is 9.79. The van der Waals surface area contributed by atoms with Crippen molar-refractivity contribution in [1.29, 1.82) is 0 Å². The standard InChI is InChI=1S/C21H18F3NO2/c1-12(2)9-17-18(10-14-8-7-13(11-25-14)21(22,23)24)20(27)16-6-4-3-5-15(16)19(17)26/h3-8,11-12H,9-10H2,1-2H3. The Balaban J connectivity index is 2.02. The van der Waals surface area contributed by atoms with Gasteiger partial charge in [0.15, 0.2) is 11.6 Å². The van der Waals surface area contributed by atoms with Gasteiger partial charge in [-0.2, -0.15) is 13.2 Å². The Morgan fingerprint density at radius 1 is 0.926 bits per heavy atom. The zero-order valence-corrected chi connectivity index (χ0v) is 14.9. The molecule has 0 saturated carbocycles.